The zero-order valence-electron chi connectivity index (χ0n) is 14.0. The maximum Gasteiger partial charge on any atom is 0.573 e. The minimum Gasteiger partial charge on any atom is -0.406 e. The molecule has 2 heterocycles. The van der Waals surface area contributed by atoms with Gasteiger partial charge in [-0.05, 0) is 30.5 Å². The topological polar surface area (TPSA) is 58.2 Å². The van der Waals surface area contributed by atoms with Crippen LogP contribution in [0.4, 0.5) is 13.2 Å². The summed E-state index contributed by atoms with van der Waals surface area (Å²) in [7, 11) is 0. The Kier molecular flexibility index (Phi) is 4.22. The number of nitrogens with one attached hydrogen (secondary N) is 1. The van der Waals surface area contributed by atoms with Crippen LogP contribution in [0.25, 0.3) is 0 Å². The highest BCUT2D eigenvalue weighted by molar-refractivity contribution is 5.28. The second kappa shape index (κ2) is 6.42. The fourth-order valence-corrected chi connectivity index (χ4v) is 3.24. The molecule has 0 amide bonds. The molecule has 1 aromatic heterocycles. The largest absolute Gasteiger partial charge is 0.573 e. The summed E-state index contributed by atoms with van der Waals surface area (Å²) in [6.45, 7) is 1.80. The Hall–Kier alpha value is -2.35. The second-order valence-electron chi connectivity index (χ2n) is 6.80. The zero-order chi connectivity index (χ0) is 18.3. The van der Waals surface area contributed by atoms with E-state index in [-0.39, 0.29) is 11.3 Å². The highest BCUT2D eigenvalue weighted by Crippen LogP contribution is 2.37. The summed E-state index contributed by atoms with van der Waals surface area (Å²) in [5, 5.41) is 0. The van der Waals surface area contributed by atoms with Crippen molar-refractivity contribution in [1.29, 1.82) is 0 Å². The summed E-state index contributed by atoms with van der Waals surface area (Å²) in [4.78, 5) is 22.0. The van der Waals surface area contributed by atoms with E-state index in [1.165, 1.54) is 12.1 Å². The predicted octanol–water partition coefficient (Wildman–Crippen LogP) is 3.10. The lowest BCUT2D eigenvalue weighted by molar-refractivity contribution is -0.274. The summed E-state index contributed by atoms with van der Waals surface area (Å²) >= 11 is 0. The molecule has 0 atom stereocenters. The third kappa shape index (κ3) is 3.90. The Morgan fingerprint density at radius 2 is 1.96 bits per heavy atom. The zero-order valence-corrected chi connectivity index (χ0v) is 14.0. The molecule has 1 aromatic carbocycles. The smallest absolute Gasteiger partial charge is 0.406 e. The fourth-order valence-electron chi connectivity index (χ4n) is 3.24. The lowest BCUT2D eigenvalue weighted by Gasteiger charge is -2.27. The molecule has 26 heavy (non-hydrogen) atoms. The molecule has 2 aliphatic rings. The summed E-state index contributed by atoms with van der Waals surface area (Å²) < 4.78 is 40.5. The van der Waals surface area contributed by atoms with E-state index in [4.69, 9.17) is 0 Å². The second-order valence-corrected chi connectivity index (χ2v) is 6.80. The first kappa shape index (κ1) is 17.1. The molecule has 4 rings (SSSR count). The van der Waals surface area contributed by atoms with Crippen molar-refractivity contribution >= 4 is 0 Å². The van der Waals surface area contributed by atoms with Crippen molar-refractivity contribution in [3.05, 3.63) is 57.3 Å². The van der Waals surface area contributed by atoms with Gasteiger partial charge in [-0.2, -0.15) is 0 Å². The standard InChI is InChI=1S/C18H18F3N3O2/c19-18(20,21)26-13-5-1-11(2-6-13)9-24-8-7-15-14(10-24)17(25)23-16(22-15)12-3-4-12/h1-2,5-6,12H,3-4,7-10H2,(H,22,23,25). The minimum absolute atomic E-state index is 0.0736. The van der Waals surface area contributed by atoms with Crippen LogP contribution < -0.4 is 10.3 Å². The molecule has 2 aromatic rings. The predicted molar refractivity (Wildman–Crippen MR) is 87.8 cm³/mol. The van der Waals surface area contributed by atoms with Gasteiger partial charge in [-0.15, -0.1) is 13.2 Å². The van der Waals surface area contributed by atoms with Crippen LogP contribution in [0.1, 0.15) is 41.4 Å². The molecule has 1 N–H and O–H groups in total. The Balaban J connectivity index is 1.43. The van der Waals surface area contributed by atoms with Crippen LogP contribution in [0.2, 0.25) is 0 Å². The highest BCUT2D eigenvalue weighted by Gasteiger charge is 2.31. The minimum atomic E-state index is -4.69. The Labute approximate surface area is 147 Å². The molecule has 1 fully saturated rings. The van der Waals surface area contributed by atoms with Crippen molar-refractivity contribution < 1.29 is 17.9 Å². The lowest BCUT2D eigenvalue weighted by Crippen LogP contribution is -2.35. The van der Waals surface area contributed by atoms with E-state index < -0.39 is 6.36 Å². The normalized spacial score (nSPS) is 17.8. The fraction of sp³-hybridized carbons (Fsp3) is 0.444. The van der Waals surface area contributed by atoms with Crippen LogP contribution >= 0.6 is 0 Å². The molecule has 0 bridgehead atoms. The van der Waals surface area contributed by atoms with Crippen molar-refractivity contribution in [2.45, 2.75) is 44.6 Å². The van der Waals surface area contributed by atoms with Crippen LogP contribution in [0.5, 0.6) is 5.75 Å². The number of hydrogen-bond donors (Lipinski definition) is 1. The maximum atomic E-state index is 12.3. The van der Waals surface area contributed by atoms with Gasteiger partial charge in [-0.25, -0.2) is 4.98 Å². The van der Waals surface area contributed by atoms with Crippen LogP contribution in [-0.2, 0) is 19.5 Å². The molecule has 138 valence electrons. The van der Waals surface area contributed by atoms with Crippen LogP contribution in [0, 0.1) is 0 Å². The number of nitrogens with zero attached hydrogens (tertiary/aromatic N) is 2. The van der Waals surface area contributed by atoms with Crippen LogP contribution in [0.3, 0.4) is 0 Å². The van der Waals surface area contributed by atoms with Crippen molar-refractivity contribution in [2.75, 3.05) is 6.54 Å². The van der Waals surface area contributed by atoms with Gasteiger partial charge in [0.2, 0.25) is 0 Å². The first-order valence-electron chi connectivity index (χ1n) is 8.56. The van der Waals surface area contributed by atoms with Crippen molar-refractivity contribution in [2.24, 2.45) is 0 Å². The van der Waals surface area contributed by atoms with E-state index in [2.05, 4.69) is 19.6 Å². The third-order valence-electron chi connectivity index (χ3n) is 4.69. The number of hydrogen-bond acceptors (Lipinski definition) is 4. The molecule has 1 saturated carbocycles. The molecule has 8 heteroatoms. The lowest BCUT2D eigenvalue weighted by atomic mass is 10.1. The molecule has 1 aliphatic heterocycles. The summed E-state index contributed by atoms with van der Waals surface area (Å²) in [6, 6.07) is 5.82. The van der Waals surface area contributed by atoms with Gasteiger partial charge in [0, 0.05) is 32.0 Å². The number of ether oxygens (including phenoxy) is 1. The van der Waals surface area contributed by atoms with E-state index in [1.54, 1.807) is 12.1 Å². The average Bonchev–Trinajstić information content (AvgIpc) is 3.41. The Morgan fingerprint density at radius 1 is 1.23 bits per heavy atom. The Morgan fingerprint density at radius 3 is 2.62 bits per heavy atom. The van der Waals surface area contributed by atoms with Crippen molar-refractivity contribution in [1.82, 2.24) is 14.9 Å². The monoisotopic (exact) mass is 365 g/mol. The summed E-state index contributed by atoms with van der Waals surface area (Å²) in [5.41, 5.74) is 2.36. The van der Waals surface area contributed by atoms with Gasteiger partial charge in [-0.1, -0.05) is 12.1 Å². The quantitative estimate of drug-likeness (QED) is 0.905. The number of aromatic nitrogens is 2. The first-order valence-corrected chi connectivity index (χ1v) is 8.56. The van der Waals surface area contributed by atoms with Crippen molar-refractivity contribution in [3.8, 4) is 5.75 Å². The number of H-pyrrole nitrogens is 1. The average molecular weight is 365 g/mol. The Bertz CT molecular complexity index is 857. The molecular formula is C18H18F3N3O2. The summed E-state index contributed by atoms with van der Waals surface area (Å²) in [6.07, 6.45) is -1.82. The van der Waals surface area contributed by atoms with E-state index in [0.29, 0.717) is 31.0 Å². The van der Waals surface area contributed by atoms with Gasteiger partial charge in [0.1, 0.15) is 11.6 Å². The first-order chi connectivity index (χ1) is 12.4. The van der Waals surface area contributed by atoms with Gasteiger partial charge in [0.05, 0.1) is 11.3 Å². The number of rotatable bonds is 4. The van der Waals surface area contributed by atoms with Crippen LogP contribution in [-0.4, -0.2) is 27.8 Å². The number of halogens is 3. The van der Waals surface area contributed by atoms with Gasteiger partial charge in [0.15, 0.2) is 0 Å². The number of alkyl halides is 3. The molecule has 0 unspecified atom stereocenters. The maximum absolute atomic E-state index is 12.3. The van der Waals surface area contributed by atoms with Gasteiger partial charge < -0.3 is 9.72 Å². The van der Waals surface area contributed by atoms with E-state index in [1.807, 2.05) is 0 Å². The molecule has 5 nitrogen and oxygen atoms in total. The number of benzene rings is 1. The molecule has 1 aliphatic carbocycles. The molecule has 0 saturated heterocycles. The van der Waals surface area contributed by atoms with Crippen molar-refractivity contribution in [3.63, 3.8) is 0 Å². The number of aromatic amines is 1. The molecule has 0 spiro atoms. The van der Waals surface area contributed by atoms with Gasteiger partial charge in [-0.3, -0.25) is 9.69 Å². The van der Waals surface area contributed by atoms with Gasteiger partial charge >= 0.3 is 6.36 Å². The molecule has 0 radical (unpaired) electrons. The SMILES string of the molecule is O=c1[nH]c(C2CC2)nc2c1CN(Cc1ccc(OC(F)(F)F)cc1)CC2. The third-order valence-corrected chi connectivity index (χ3v) is 4.69. The number of fused-ring (bicyclic) bond motifs is 1. The summed E-state index contributed by atoms with van der Waals surface area (Å²) in [5.74, 6) is 0.976. The highest BCUT2D eigenvalue weighted by atomic mass is 19.4. The van der Waals surface area contributed by atoms with E-state index in [9.17, 15) is 18.0 Å². The van der Waals surface area contributed by atoms with Crippen LogP contribution in [0.15, 0.2) is 29.1 Å². The molecular weight excluding hydrogens is 347 g/mol. The van der Waals surface area contributed by atoms with Gasteiger partial charge in [0.25, 0.3) is 5.56 Å². The van der Waals surface area contributed by atoms with E-state index >= 15 is 0 Å². The van der Waals surface area contributed by atoms with E-state index in [0.717, 1.165) is 36.5 Å².